The summed E-state index contributed by atoms with van der Waals surface area (Å²) in [5.74, 6) is -1.04. The van der Waals surface area contributed by atoms with Crippen molar-refractivity contribution in [1.82, 2.24) is 25.3 Å². The Morgan fingerprint density at radius 3 is 2.72 bits per heavy atom. The van der Waals surface area contributed by atoms with Gasteiger partial charge >= 0.3 is 0 Å². The van der Waals surface area contributed by atoms with Crippen LogP contribution < -0.4 is 16.0 Å². The summed E-state index contributed by atoms with van der Waals surface area (Å²) >= 11 is 1.53. The van der Waals surface area contributed by atoms with Gasteiger partial charge in [0.2, 0.25) is 0 Å². The highest BCUT2D eigenvalue weighted by Crippen LogP contribution is 2.31. The molecule has 3 heterocycles. The van der Waals surface area contributed by atoms with E-state index in [1.807, 2.05) is 17.5 Å². The van der Waals surface area contributed by atoms with Gasteiger partial charge in [-0.2, -0.15) is 0 Å². The lowest BCUT2D eigenvalue weighted by Gasteiger charge is -2.11. The van der Waals surface area contributed by atoms with E-state index < -0.39 is 11.6 Å². The third kappa shape index (κ3) is 5.68. The van der Waals surface area contributed by atoms with Gasteiger partial charge in [-0.05, 0) is 60.9 Å². The first-order valence-electron chi connectivity index (χ1n) is 12.4. The average molecular weight is 544 g/mol. The molecule has 8 nitrogen and oxygen atoms in total. The van der Waals surface area contributed by atoms with E-state index in [1.54, 1.807) is 24.7 Å². The van der Waals surface area contributed by atoms with E-state index in [4.69, 9.17) is 4.98 Å². The molecule has 1 saturated carbocycles. The first-order valence-corrected chi connectivity index (χ1v) is 13.3. The lowest BCUT2D eigenvalue weighted by Crippen LogP contribution is -2.24. The van der Waals surface area contributed by atoms with Crippen molar-refractivity contribution >= 4 is 39.8 Å². The van der Waals surface area contributed by atoms with Crippen LogP contribution in [-0.4, -0.2) is 31.9 Å². The predicted octanol–water partition coefficient (Wildman–Crippen LogP) is 5.54. The number of rotatable bonds is 9. The third-order valence-corrected chi connectivity index (χ3v) is 7.22. The largest absolute Gasteiger partial charge is 0.367 e. The van der Waals surface area contributed by atoms with Crippen LogP contribution in [0.15, 0.2) is 66.4 Å². The molecule has 1 aliphatic carbocycles. The molecule has 3 N–H and O–H groups in total. The van der Waals surface area contributed by atoms with Crippen LogP contribution in [0.1, 0.15) is 34.5 Å². The molecule has 6 rings (SSSR count). The summed E-state index contributed by atoms with van der Waals surface area (Å²) in [6.07, 6.45) is 5.48. The zero-order valence-electron chi connectivity index (χ0n) is 20.6. The molecule has 5 aromatic rings. The van der Waals surface area contributed by atoms with Crippen molar-refractivity contribution in [2.45, 2.75) is 32.0 Å². The highest BCUT2D eigenvalue weighted by molar-refractivity contribution is 7.13. The number of amides is 1. The number of fused-ring (bicyclic) bond motifs is 1. The van der Waals surface area contributed by atoms with Crippen molar-refractivity contribution in [3.8, 4) is 10.6 Å². The summed E-state index contributed by atoms with van der Waals surface area (Å²) in [6.45, 7) is 0.413. The van der Waals surface area contributed by atoms with Gasteiger partial charge in [0.05, 0.1) is 23.3 Å². The van der Waals surface area contributed by atoms with Crippen LogP contribution in [0.5, 0.6) is 0 Å². The molecule has 0 atom stereocenters. The molecule has 0 radical (unpaired) electrons. The fourth-order valence-electron chi connectivity index (χ4n) is 4.08. The smallest absolute Gasteiger partial charge is 0.255 e. The van der Waals surface area contributed by atoms with E-state index in [9.17, 15) is 13.6 Å². The summed E-state index contributed by atoms with van der Waals surface area (Å²) in [5.41, 5.74) is 3.44. The van der Waals surface area contributed by atoms with Gasteiger partial charge in [0.15, 0.2) is 11.6 Å². The topological polar surface area (TPSA) is 105 Å². The maximum absolute atomic E-state index is 13.5. The van der Waals surface area contributed by atoms with E-state index >= 15 is 0 Å². The molecule has 39 heavy (non-hydrogen) atoms. The summed E-state index contributed by atoms with van der Waals surface area (Å²) in [7, 11) is 0. The fourth-order valence-corrected chi connectivity index (χ4v) is 4.89. The summed E-state index contributed by atoms with van der Waals surface area (Å²) in [5, 5.41) is 13.2. The van der Waals surface area contributed by atoms with Crippen LogP contribution in [0.4, 0.5) is 20.4 Å². The molecule has 11 heteroatoms. The van der Waals surface area contributed by atoms with E-state index in [1.165, 1.54) is 17.4 Å². The molecule has 196 valence electrons. The third-order valence-electron chi connectivity index (χ3n) is 6.28. The minimum Gasteiger partial charge on any atom is -0.367 e. The first-order chi connectivity index (χ1) is 19.0. The maximum Gasteiger partial charge on any atom is 0.255 e. The Bertz CT molecular complexity index is 1670. The number of pyridine rings is 1. The molecular weight excluding hydrogens is 520 g/mol. The second-order valence-corrected chi connectivity index (χ2v) is 10.1. The molecule has 0 spiro atoms. The Hall–Kier alpha value is -4.51. The second kappa shape index (κ2) is 10.7. The van der Waals surface area contributed by atoms with Gasteiger partial charge in [-0.15, -0.1) is 11.3 Å². The van der Waals surface area contributed by atoms with Crippen LogP contribution in [0.3, 0.4) is 0 Å². The Labute approximate surface area is 226 Å². The van der Waals surface area contributed by atoms with Gasteiger partial charge in [-0.1, -0.05) is 6.07 Å². The van der Waals surface area contributed by atoms with Gasteiger partial charge < -0.3 is 16.0 Å². The van der Waals surface area contributed by atoms with E-state index in [2.05, 4.69) is 37.0 Å². The SMILES string of the molecule is O=C(NCc1ccc(F)c(F)c1)c1cccnc1NCc1csc(-c2ccc3ncnc(NC4CC4)c3c2)n1. The van der Waals surface area contributed by atoms with Gasteiger partial charge in [-0.25, -0.2) is 28.7 Å². The van der Waals surface area contributed by atoms with E-state index in [0.717, 1.165) is 58.0 Å². The number of hydrogen-bond acceptors (Lipinski definition) is 8. The average Bonchev–Trinajstić information content (AvgIpc) is 3.65. The quantitative estimate of drug-likeness (QED) is 0.224. The minimum absolute atomic E-state index is 0.0501. The Kier molecular flexibility index (Phi) is 6.80. The number of thiazole rings is 1. The van der Waals surface area contributed by atoms with Crippen LogP contribution in [0.2, 0.25) is 0 Å². The molecular formula is C28H23F2N7OS. The van der Waals surface area contributed by atoms with E-state index in [-0.39, 0.29) is 12.5 Å². The summed E-state index contributed by atoms with van der Waals surface area (Å²) in [4.78, 5) is 30.7. The Morgan fingerprint density at radius 2 is 1.87 bits per heavy atom. The number of anilines is 2. The number of carbonyl (C=O) groups is 1. The number of nitrogens with one attached hydrogen (secondary N) is 3. The normalized spacial score (nSPS) is 12.9. The summed E-state index contributed by atoms with van der Waals surface area (Å²) in [6, 6.07) is 13.3. The Morgan fingerprint density at radius 1 is 0.974 bits per heavy atom. The first kappa shape index (κ1) is 24.8. The number of carbonyl (C=O) groups excluding carboxylic acids is 1. The van der Waals surface area contributed by atoms with Crippen molar-refractivity contribution in [1.29, 1.82) is 0 Å². The van der Waals surface area contributed by atoms with E-state index in [0.29, 0.717) is 29.5 Å². The Balaban J connectivity index is 1.13. The molecule has 1 aliphatic rings. The van der Waals surface area contributed by atoms with Crippen LogP contribution >= 0.6 is 11.3 Å². The monoisotopic (exact) mass is 543 g/mol. The zero-order valence-corrected chi connectivity index (χ0v) is 21.4. The molecule has 0 saturated heterocycles. The lowest BCUT2D eigenvalue weighted by atomic mass is 10.1. The van der Waals surface area contributed by atoms with Gasteiger partial charge in [-0.3, -0.25) is 4.79 Å². The molecule has 3 aromatic heterocycles. The van der Waals surface area contributed by atoms with Crippen molar-refractivity contribution in [2.75, 3.05) is 10.6 Å². The number of hydrogen-bond donors (Lipinski definition) is 3. The van der Waals surface area contributed by atoms with Crippen molar-refractivity contribution in [3.05, 3.63) is 94.9 Å². The van der Waals surface area contributed by atoms with Gasteiger partial charge in [0.1, 0.15) is 23.0 Å². The number of benzene rings is 2. The molecule has 0 unspecified atom stereocenters. The van der Waals surface area contributed by atoms with Gasteiger partial charge in [0, 0.05) is 35.1 Å². The van der Waals surface area contributed by atoms with Crippen LogP contribution in [0.25, 0.3) is 21.5 Å². The lowest BCUT2D eigenvalue weighted by molar-refractivity contribution is 0.0951. The van der Waals surface area contributed by atoms with Crippen molar-refractivity contribution in [2.24, 2.45) is 0 Å². The summed E-state index contributed by atoms with van der Waals surface area (Å²) < 4.78 is 26.6. The number of nitrogens with zero attached hydrogens (tertiary/aromatic N) is 4. The standard InChI is InChI=1S/C28H23F2N7OS/c29-22-7-3-16(10-23(22)30)12-33-27(38)20-2-1-9-31-25(20)32-13-19-14-39-28(37-19)17-4-8-24-21(11-17)26(35-15-34-24)36-18-5-6-18/h1-4,7-11,14-15,18H,5-6,12-13H2,(H,31,32)(H,33,38)(H,34,35,36). The second-order valence-electron chi connectivity index (χ2n) is 9.20. The number of aromatic nitrogens is 4. The maximum atomic E-state index is 13.5. The zero-order chi connectivity index (χ0) is 26.8. The fraction of sp³-hybridized carbons (Fsp3) is 0.179. The van der Waals surface area contributed by atoms with Crippen LogP contribution in [0, 0.1) is 11.6 Å². The molecule has 2 aromatic carbocycles. The molecule has 0 bridgehead atoms. The molecule has 1 amide bonds. The highest BCUT2D eigenvalue weighted by atomic mass is 32.1. The van der Waals surface area contributed by atoms with Crippen molar-refractivity contribution < 1.29 is 13.6 Å². The van der Waals surface area contributed by atoms with Crippen molar-refractivity contribution in [3.63, 3.8) is 0 Å². The predicted molar refractivity (Wildman–Crippen MR) is 146 cm³/mol. The number of halogens is 2. The molecule has 1 fully saturated rings. The minimum atomic E-state index is -0.958. The highest BCUT2D eigenvalue weighted by Gasteiger charge is 2.22. The van der Waals surface area contributed by atoms with Gasteiger partial charge in [0.25, 0.3) is 5.91 Å². The molecule has 0 aliphatic heterocycles. The van der Waals surface area contributed by atoms with Crippen LogP contribution in [-0.2, 0) is 13.1 Å².